The van der Waals surface area contributed by atoms with Crippen molar-refractivity contribution in [3.8, 4) is 0 Å². The second-order valence-corrected chi connectivity index (χ2v) is 7.12. The van der Waals surface area contributed by atoms with E-state index in [9.17, 15) is 0 Å². The van der Waals surface area contributed by atoms with Crippen LogP contribution in [0.15, 0.2) is 85.4 Å². The van der Waals surface area contributed by atoms with Gasteiger partial charge in [0.25, 0.3) is 0 Å². The van der Waals surface area contributed by atoms with Gasteiger partial charge in [-0.2, -0.15) is 0 Å². The number of rotatable bonds is 13. The van der Waals surface area contributed by atoms with Gasteiger partial charge >= 0.3 is 0 Å². The molecule has 0 spiro atoms. The van der Waals surface area contributed by atoms with Gasteiger partial charge in [0.05, 0.1) is 11.6 Å². The monoisotopic (exact) mass is 376 g/mol. The molecule has 0 saturated heterocycles. The highest BCUT2D eigenvalue weighted by atomic mass is 32.2. The van der Waals surface area contributed by atoms with E-state index < -0.39 is 5.54 Å². The summed E-state index contributed by atoms with van der Waals surface area (Å²) < 4.78 is 11.1. The Bertz CT molecular complexity index is 630. The number of hydrogen-bond acceptors (Lipinski definition) is 5. The molecule has 0 aliphatic heterocycles. The van der Waals surface area contributed by atoms with Gasteiger partial charge in [-0.3, -0.25) is 0 Å². The summed E-state index contributed by atoms with van der Waals surface area (Å²) in [5.74, 6) is 1.58. The molecule has 0 fully saturated rings. The van der Waals surface area contributed by atoms with Crippen molar-refractivity contribution in [1.82, 2.24) is 10.6 Å². The molecule has 2 N–H and O–H groups in total. The zero-order valence-corrected chi connectivity index (χ0v) is 17.5. The normalized spacial score (nSPS) is 12.4. The molecule has 0 aromatic heterocycles. The van der Waals surface area contributed by atoms with Crippen LogP contribution in [0, 0.1) is 0 Å². The quantitative estimate of drug-likeness (QED) is 0.335. The van der Waals surface area contributed by atoms with Crippen LogP contribution in [0.2, 0.25) is 0 Å². The Morgan fingerprint density at radius 3 is 2.19 bits per heavy atom. The summed E-state index contributed by atoms with van der Waals surface area (Å²) in [6.45, 7) is 31.1. The molecule has 0 radical (unpaired) electrons. The lowest BCUT2D eigenvalue weighted by atomic mass is 9.99. The Morgan fingerprint density at radius 1 is 1.12 bits per heavy atom. The molecule has 1 atom stereocenters. The third-order valence-electron chi connectivity index (χ3n) is 3.58. The lowest BCUT2D eigenvalue weighted by Crippen LogP contribution is -2.47. The highest BCUT2D eigenvalue weighted by Gasteiger charge is 2.25. The first kappa shape index (κ1) is 23.7. The van der Waals surface area contributed by atoms with E-state index in [0.29, 0.717) is 22.5 Å². The molecule has 0 rings (SSSR count). The van der Waals surface area contributed by atoms with Gasteiger partial charge in [-0.15, -0.1) is 0 Å². The summed E-state index contributed by atoms with van der Waals surface area (Å²) in [5.41, 5.74) is 0.959. The van der Waals surface area contributed by atoms with Gasteiger partial charge in [0.15, 0.2) is 11.0 Å². The number of allylic oxidation sites excluding steroid dienone is 3. The number of ether oxygens (including phenoxy) is 2. The molecular weight excluding hydrogens is 344 g/mol. The highest BCUT2D eigenvalue weighted by molar-refractivity contribution is 8.02. The number of thioether (sulfide) groups is 1. The van der Waals surface area contributed by atoms with E-state index in [1.54, 1.807) is 12.2 Å². The van der Waals surface area contributed by atoms with Gasteiger partial charge in [0, 0.05) is 11.3 Å². The Labute approximate surface area is 163 Å². The van der Waals surface area contributed by atoms with Crippen LogP contribution in [-0.2, 0) is 9.47 Å². The summed E-state index contributed by atoms with van der Waals surface area (Å²) in [6, 6.07) is -0.123. The first-order valence-corrected chi connectivity index (χ1v) is 9.36. The van der Waals surface area contributed by atoms with Gasteiger partial charge < -0.3 is 20.1 Å². The topological polar surface area (TPSA) is 42.5 Å². The fourth-order valence-electron chi connectivity index (χ4n) is 1.86. The number of nitrogens with one attached hydrogen (secondary N) is 2. The molecule has 1 unspecified atom stereocenters. The van der Waals surface area contributed by atoms with Crippen molar-refractivity contribution in [2.75, 3.05) is 6.26 Å². The molecule has 0 bridgehead atoms. The van der Waals surface area contributed by atoms with E-state index in [2.05, 4.69) is 50.1 Å². The molecule has 5 heteroatoms. The van der Waals surface area contributed by atoms with E-state index in [1.165, 1.54) is 11.8 Å². The Kier molecular flexibility index (Phi) is 9.73. The summed E-state index contributed by atoms with van der Waals surface area (Å²) >= 11 is 1.41. The standard InChI is InChI=1S/C21H32N2O2S/c1-12-13-14(2)24-19(7)23-21(9,10)18(6)22-16(4)15(3)17(5)25-20(8)26-11/h12-13,16,22-23H,1,3,5-8H2,2,4,9-11H3/b14-13+. The third-order valence-corrected chi connectivity index (χ3v) is 4.12. The lowest BCUT2D eigenvalue weighted by Gasteiger charge is -2.33. The van der Waals surface area contributed by atoms with Gasteiger partial charge in [0.1, 0.15) is 11.5 Å². The fraction of sp³-hybridized carbons (Fsp3) is 0.333. The molecule has 4 nitrogen and oxygen atoms in total. The first-order chi connectivity index (χ1) is 11.9. The van der Waals surface area contributed by atoms with Crippen LogP contribution in [0.4, 0.5) is 0 Å². The maximum atomic E-state index is 5.58. The molecule has 0 heterocycles. The van der Waals surface area contributed by atoms with Crippen LogP contribution in [0.3, 0.4) is 0 Å². The zero-order valence-electron chi connectivity index (χ0n) is 16.7. The minimum atomic E-state index is -0.509. The zero-order chi connectivity index (χ0) is 20.5. The van der Waals surface area contributed by atoms with E-state index in [-0.39, 0.29) is 6.04 Å². The van der Waals surface area contributed by atoms with E-state index in [0.717, 1.165) is 11.3 Å². The van der Waals surface area contributed by atoms with Gasteiger partial charge in [-0.25, -0.2) is 0 Å². The van der Waals surface area contributed by atoms with Gasteiger partial charge in [0.2, 0.25) is 0 Å². The van der Waals surface area contributed by atoms with Crippen LogP contribution in [0.5, 0.6) is 0 Å². The maximum absolute atomic E-state index is 5.58. The Hall–Kier alpha value is -2.27. The van der Waals surface area contributed by atoms with Crippen LogP contribution in [0.1, 0.15) is 27.7 Å². The summed E-state index contributed by atoms with van der Waals surface area (Å²) in [4.78, 5) is 0. The van der Waals surface area contributed by atoms with E-state index >= 15 is 0 Å². The van der Waals surface area contributed by atoms with E-state index in [1.807, 2.05) is 34.0 Å². The van der Waals surface area contributed by atoms with Crippen LogP contribution < -0.4 is 10.6 Å². The van der Waals surface area contributed by atoms with Crippen molar-refractivity contribution >= 4 is 11.8 Å². The van der Waals surface area contributed by atoms with Gasteiger partial charge in [-0.1, -0.05) is 44.2 Å². The van der Waals surface area contributed by atoms with Crippen molar-refractivity contribution in [3.05, 3.63) is 85.4 Å². The molecule has 0 aliphatic rings. The summed E-state index contributed by atoms with van der Waals surface area (Å²) in [5, 5.41) is 7.09. The molecule has 0 aliphatic carbocycles. The minimum Gasteiger partial charge on any atom is -0.451 e. The third kappa shape index (κ3) is 8.21. The molecular formula is C21H32N2O2S. The van der Waals surface area contributed by atoms with Crippen LogP contribution in [0.25, 0.3) is 0 Å². The molecule has 0 saturated carbocycles. The molecule has 0 aromatic rings. The second-order valence-electron chi connectivity index (χ2n) is 6.26. The van der Waals surface area contributed by atoms with Crippen molar-refractivity contribution in [2.24, 2.45) is 0 Å². The van der Waals surface area contributed by atoms with Crippen LogP contribution in [-0.4, -0.2) is 17.8 Å². The summed E-state index contributed by atoms with van der Waals surface area (Å²) in [6.07, 6.45) is 5.30. The second kappa shape index (κ2) is 10.7. The molecule has 26 heavy (non-hydrogen) atoms. The predicted octanol–water partition coefficient (Wildman–Crippen LogP) is 5.34. The molecule has 0 aromatic carbocycles. The highest BCUT2D eigenvalue weighted by Crippen LogP contribution is 2.22. The molecule has 144 valence electrons. The summed E-state index contributed by atoms with van der Waals surface area (Å²) in [7, 11) is 0. The van der Waals surface area contributed by atoms with Crippen molar-refractivity contribution < 1.29 is 9.47 Å². The Morgan fingerprint density at radius 2 is 1.69 bits per heavy atom. The number of hydrogen-bond donors (Lipinski definition) is 2. The lowest BCUT2D eigenvalue weighted by molar-refractivity contribution is 0.249. The molecule has 0 amide bonds. The van der Waals surface area contributed by atoms with E-state index in [4.69, 9.17) is 9.47 Å². The first-order valence-electron chi connectivity index (χ1n) is 8.13. The van der Waals surface area contributed by atoms with Crippen molar-refractivity contribution in [3.63, 3.8) is 0 Å². The Balaban J connectivity index is 4.80. The smallest absolute Gasteiger partial charge is 0.186 e. The SMILES string of the molecule is C=C/C=C(\C)OC(=C)NC(C)(C)C(=C)NC(C)C(=C)C(=C)OC(=C)SC. The maximum Gasteiger partial charge on any atom is 0.186 e. The van der Waals surface area contributed by atoms with Crippen LogP contribution >= 0.6 is 11.8 Å². The minimum absolute atomic E-state index is 0.123. The van der Waals surface area contributed by atoms with Gasteiger partial charge in [-0.05, 0) is 53.2 Å². The van der Waals surface area contributed by atoms with Crippen molar-refractivity contribution in [2.45, 2.75) is 39.3 Å². The van der Waals surface area contributed by atoms with Crippen molar-refractivity contribution in [1.29, 1.82) is 0 Å². The predicted molar refractivity (Wildman–Crippen MR) is 115 cm³/mol. The fourth-order valence-corrected chi connectivity index (χ4v) is 2.04. The average molecular weight is 377 g/mol. The largest absolute Gasteiger partial charge is 0.451 e. The average Bonchev–Trinajstić information content (AvgIpc) is 2.52.